The van der Waals surface area contributed by atoms with E-state index >= 15 is 0 Å². The van der Waals surface area contributed by atoms with E-state index in [-0.39, 0.29) is 17.7 Å². The summed E-state index contributed by atoms with van der Waals surface area (Å²) < 4.78 is 12.3. The van der Waals surface area contributed by atoms with Crippen molar-refractivity contribution in [3.8, 4) is 5.75 Å². The zero-order valence-electron chi connectivity index (χ0n) is 18.6. The van der Waals surface area contributed by atoms with Crippen LogP contribution >= 0.6 is 0 Å². The lowest BCUT2D eigenvalue weighted by Gasteiger charge is -2.37. The number of hydrogen-bond donors (Lipinski definition) is 3. The molecular formula is C21H39N3O3Si. The van der Waals surface area contributed by atoms with Crippen LogP contribution < -0.4 is 15.8 Å². The Morgan fingerprint density at radius 3 is 2.61 bits per heavy atom. The van der Waals surface area contributed by atoms with E-state index in [0.717, 1.165) is 42.4 Å². The minimum Gasteiger partial charge on any atom is -0.487 e. The molecule has 0 fully saturated rings. The van der Waals surface area contributed by atoms with Gasteiger partial charge in [0.1, 0.15) is 11.9 Å². The van der Waals surface area contributed by atoms with Gasteiger partial charge in [-0.1, -0.05) is 20.8 Å². The molecule has 1 heterocycles. The number of anilines is 2. The van der Waals surface area contributed by atoms with Crippen molar-refractivity contribution >= 4 is 19.7 Å². The zero-order chi connectivity index (χ0) is 21.1. The molecule has 2 unspecified atom stereocenters. The lowest BCUT2D eigenvalue weighted by atomic mass is 10.0. The first-order valence-corrected chi connectivity index (χ1v) is 13.1. The number of nitrogen functional groups attached to an aromatic ring is 1. The number of aliphatic hydroxyl groups is 1. The normalized spacial score (nSPS) is 18.1. The molecule has 0 saturated heterocycles. The molecule has 0 aliphatic carbocycles. The van der Waals surface area contributed by atoms with Gasteiger partial charge in [-0.05, 0) is 44.4 Å². The van der Waals surface area contributed by atoms with Gasteiger partial charge in [0.05, 0.1) is 18.0 Å². The molecule has 4 N–H and O–H groups in total. The van der Waals surface area contributed by atoms with Crippen molar-refractivity contribution < 1.29 is 14.3 Å². The van der Waals surface area contributed by atoms with E-state index in [1.54, 1.807) is 0 Å². The average Bonchev–Trinajstić information content (AvgIpc) is 3.00. The van der Waals surface area contributed by atoms with Crippen LogP contribution in [0.1, 0.15) is 26.3 Å². The Bertz CT molecular complexity index is 659. The highest BCUT2D eigenvalue weighted by Crippen LogP contribution is 2.39. The van der Waals surface area contributed by atoms with Crippen LogP contribution in [-0.4, -0.2) is 64.8 Å². The van der Waals surface area contributed by atoms with Gasteiger partial charge in [0, 0.05) is 37.6 Å². The third-order valence-corrected chi connectivity index (χ3v) is 10.4. The van der Waals surface area contributed by atoms with E-state index in [9.17, 15) is 5.11 Å². The summed E-state index contributed by atoms with van der Waals surface area (Å²) in [6.45, 7) is 13.8. The minimum atomic E-state index is -1.79. The van der Waals surface area contributed by atoms with Crippen LogP contribution in [-0.2, 0) is 10.8 Å². The third kappa shape index (κ3) is 5.62. The van der Waals surface area contributed by atoms with Crippen LogP contribution in [0.25, 0.3) is 0 Å². The van der Waals surface area contributed by atoms with Gasteiger partial charge in [-0.3, -0.25) is 0 Å². The molecule has 6 nitrogen and oxygen atoms in total. The Hall–Kier alpha value is -1.28. The summed E-state index contributed by atoms with van der Waals surface area (Å²) >= 11 is 0. The fourth-order valence-electron chi connectivity index (χ4n) is 3.20. The van der Waals surface area contributed by atoms with Crippen molar-refractivity contribution in [1.29, 1.82) is 0 Å². The quantitative estimate of drug-likeness (QED) is 0.429. The summed E-state index contributed by atoms with van der Waals surface area (Å²) in [5.74, 6) is 1.16. The number of ether oxygens (including phenoxy) is 1. The number of nitrogens with two attached hydrogens (primary N) is 1. The van der Waals surface area contributed by atoms with Gasteiger partial charge >= 0.3 is 0 Å². The van der Waals surface area contributed by atoms with Crippen LogP contribution in [0.2, 0.25) is 18.1 Å². The smallest absolute Gasteiger partial charge is 0.191 e. The molecule has 28 heavy (non-hydrogen) atoms. The number of hydrogen-bond acceptors (Lipinski definition) is 6. The molecule has 1 aromatic rings. The fourth-order valence-corrected chi connectivity index (χ4v) is 4.29. The molecule has 1 aliphatic heterocycles. The van der Waals surface area contributed by atoms with Crippen molar-refractivity contribution in [3.63, 3.8) is 0 Å². The average molecular weight is 410 g/mol. The van der Waals surface area contributed by atoms with Gasteiger partial charge in [0.2, 0.25) is 0 Å². The van der Waals surface area contributed by atoms with Crippen LogP contribution in [0.3, 0.4) is 0 Å². The van der Waals surface area contributed by atoms with Crippen molar-refractivity contribution in [3.05, 3.63) is 17.7 Å². The topological polar surface area (TPSA) is 80.0 Å². The minimum absolute atomic E-state index is 0.0115. The second-order valence-electron chi connectivity index (χ2n) is 9.71. The highest BCUT2D eigenvalue weighted by atomic mass is 28.4. The first-order chi connectivity index (χ1) is 12.9. The van der Waals surface area contributed by atoms with Crippen molar-refractivity contribution in [2.45, 2.75) is 51.4 Å². The molecule has 0 radical (unpaired) electrons. The molecule has 2 atom stereocenters. The molecule has 1 aliphatic rings. The highest BCUT2D eigenvalue weighted by molar-refractivity contribution is 6.74. The number of nitrogens with one attached hydrogen (secondary N) is 1. The largest absolute Gasteiger partial charge is 0.487 e. The summed E-state index contributed by atoms with van der Waals surface area (Å²) in [5.41, 5.74) is 8.97. The first kappa shape index (κ1) is 23.0. The Morgan fingerprint density at radius 1 is 1.36 bits per heavy atom. The van der Waals surface area contributed by atoms with E-state index in [4.69, 9.17) is 14.9 Å². The maximum atomic E-state index is 9.43. The number of rotatable bonds is 9. The Labute approximate surface area is 171 Å². The fraction of sp³-hybridized carbons (Fsp3) is 0.714. The molecule has 2 rings (SSSR count). The van der Waals surface area contributed by atoms with Crippen molar-refractivity contribution in [1.82, 2.24) is 4.90 Å². The molecular weight excluding hydrogens is 370 g/mol. The molecule has 7 heteroatoms. The van der Waals surface area contributed by atoms with Crippen LogP contribution in [0, 0.1) is 5.92 Å². The maximum Gasteiger partial charge on any atom is 0.191 e. The van der Waals surface area contributed by atoms with Crippen LogP contribution in [0.5, 0.6) is 5.75 Å². The second-order valence-corrected chi connectivity index (χ2v) is 14.5. The SMILES string of the molecule is CN(C)CC(CNc1c(N)ccc2c1CC(CO)O2)CO[Si](C)(C)C(C)(C)C. The summed E-state index contributed by atoms with van der Waals surface area (Å²) in [5, 5.41) is 13.2. The molecule has 0 amide bonds. The van der Waals surface area contributed by atoms with Gasteiger partial charge in [-0.25, -0.2) is 0 Å². The maximum absolute atomic E-state index is 9.43. The second kappa shape index (κ2) is 9.03. The summed E-state index contributed by atoms with van der Waals surface area (Å²) in [4.78, 5) is 2.20. The van der Waals surface area contributed by atoms with E-state index in [0.29, 0.717) is 12.3 Å². The first-order valence-electron chi connectivity index (χ1n) is 10.2. The number of aliphatic hydroxyl groups excluding tert-OH is 1. The summed E-state index contributed by atoms with van der Waals surface area (Å²) in [6.07, 6.45) is 0.495. The van der Waals surface area contributed by atoms with E-state index in [1.807, 2.05) is 12.1 Å². The predicted octanol–water partition coefficient (Wildman–Crippen LogP) is 3.18. The predicted molar refractivity (Wildman–Crippen MR) is 120 cm³/mol. The van der Waals surface area contributed by atoms with Gasteiger partial charge < -0.3 is 30.2 Å². The van der Waals surface area contributed by atoms with E-state index < -0.39 is 8.32 Å². The van der Waals surface area contributed by atoms with Gasteiger partial charge in [-0.15, -0.1) is 0 Å². The molecule has 0 bridgehead atoms. The van der Waals surface area contributed by atoms with Crippen molar-refractivity contribution in [2.75, 3.05) is 51.4 Å². The monoisotopic (exact) mass is 409 g/mol. The lowest BCUT2D eigenvalue weighted by Crippen LogP contribution is -2.43. The lowest BCUT2D eigenvalue weighted by molar-refractivity contribution is 0.134. The van der Waals surface area contributed by atoms with Crippen LogP contribution in [0.4, 0.5) is 11.4 Å². The van der Waals surface area contributed by atoms with Gasteiger partial charge in [0.25, 0.3) is 0 Å². The Morgan fingerprint density at radius 2 is 2.04 bits per heavy atom. The molecule has 0 saturated carbocycles. The van der Waals surface area contributed by atoms with Crippen molar-refractivity contribution in [2.24, 2.45) is 5.92 Å². The summed E-state index contributed by atoms with van der Waals surface area (Å²) in [7, 11) is 2.39. The number of fused-ring (bicyclic) bond motifs is 1. The van der Waals surface area contributed by atoms with Gasteiger partial charge in [-0.2, -0.15) is 0 Å². The van der Waals surface area contributed by atoms with Crippen LogP contribution in [0.15, 0.2) is 12.1 Å². The Kier molecular flexibility index (Phi) is 7.42. The standard InChI is InChI=1S/C21H39N3O3Si/c1-21(2,3)28(6,7)26-14-15(12-24(4)5)11-23-20-17-10-16(13-25)27-19(17)9-8-18(20)22/h8-9,15-16,23,25H,10-14,22H2,1-7H3. The van der Waals surface area contributed by atoms with E-state index in [1.165, 1.54) is 0 Å². The molecule has 0 spiro atoms. The van der Waals surface area contributed by atoms with E-state index in [2.05, 4.69) is 58.2 Å². The summed E-state index contributed by atoms with van der Waals surface area (Å²) in [6, 6.07) is 3.76. The number of nitrogens with zero attached hydrogens (tertiary/aromatic N) is 1. The van der Waals surface area contributed by atoms with Gasteiger partial charge in [0.15, 0.2) is 8.32 Å². The zero-order valence-corrected chi connectivity index (χ0v) is 19.6. The highest BCUT2D eigenvalue weighted by Gasteiger charge is 2.37. The Balaban J connectivity index is 2.08. The third-order valence-electron chi connectivity index (χ3n) is 5.91. The molecule has 1 aromatic carbocycles. The molecule has 160 valence electrons. The molecule has 0 aromatic heterocycles. The number of benzene rings is 1.